The number of carboxylic acid groups (broad SMARTS) is 1. The Balaban J connectivity index is 1.58. The Kier molecular flexibility index (Phi) is 6.66. The van der Waals surface area contributed by atoms with Gasteiger partial charge in [0.1, 0.15) is 4.83 Å². The summed E-state index contributed by atoms with van der Waals surface area (Å²) < 4.78 is 1.66. The molecule has 1 fully saturated rings. The molecule has 1 aromatic carbocycles. The Bertz CT molecular complexity index is 1210. The highest BCUT2D eigenvalue weighted by Gasteiger charge is 2.27. The summed E-state index contributed by atoms with van der Waals surface area (Å²) in [4.78, 5) is 45.6. The van der Waals surface area contributed by atoms with Crippen molar-refractivity contribution in [1.82, 2.24) is 14.5 Å². The first-order valence-corrected chi connectivity index (χ1v) is 12.3. The van der Waals surface area contributed by atoms with Crippen LogP contribution in [-0.2, 0) is 16.1 Å². The van der Waals surface area contributed by atoms with Crippen molar-refractivity contribution in [2.24, 2.45) is 5.92 Å². The number of aliphatic carboxylic acids is 1. The molecule has 1 aliphatic heterocycles. The molecule has 0 bridgehead atoms. The van der Waals surface area contributed by atoms with E-state index >= 15 is 0 Å². The summed E-state index contributed by atoms with van der Waals surface area (Å²) in [6.45, 7) is 5.21. The van der Waals surface area contributed by atoms with E-state index in [2.05, 4.69) is 0 Å². The average molecular weight is 472 g/mol. The van der Waals surface area contributed by atoms with Gasteiger partial charge in [-0.05, 0) is 37.8 Å². The molecule has 0 spiro atoms. The lowest BCUT2D eigenvalue weighted by Crippen LogP contribution is -2.41. The molecule has 1 N–H and O–H groups in total. The minimum absolute atomic E-state index is 0.0574. The van der Waals surface area contributed by atoms with Crippen LogP contribution in [0.3, 0.4) is 0 Å². The van der Waals surface area contributed by atoms with Gasteiger partial charge in [0.15, 0.2) is 5.16 Å². The summed E-state index contributed by atoms with van der Waals surface area (Å²) in [5.74, 6) is -1.07. The van der Waals surface area contributed by atoms with Crippen LogP contribution in [0.4, 0.5) is 0 Å². The highest BCUT2D eigenvalue weighted by molar-refractivity contribution is 7.99. The molecule has 3 heterocycles. The molecule has 0 aliphatic carbocycles. The summed E-state index contributed by atoms with van der Waals surface area (Å²) in [6, 6.07) is 9.73. The van der Waals surface area contributed by atoms with Gasteiger partial charge in [-0.3, -0.25) is 19.0 Å². The molecule has 7 nitrogen and oxygen atoms in total. The van der Waals surface area contributed by atoms with E-state index in [-0.39, 0.29) is 23.1 Å². The van der Waals surface area contributed by atoms with Gasteiger partial charge in [0.2, 0.25) is 5.91 Å². The van der Waals surface area contributed by atoms with Gasteiger partial charge in [-0.2, -0.15) is 0 Å². The first kappa shape index (κ1) is 22.5. The molecule has 0 unspecified atom stereocenters. The number of amides is 1. The van der Waals surface area contributed by atoms with Gasteiger partial charge >= 0.3 is 5.97 Å². The first-order chi connectivity index (χ1) is 15.3. The fourth-order valence-electron chi connectivity index (χ4n) is 3.92. The zero-order valence-corrected chi connectivity index (χ0v) is 19.7. The normalized spacial score (nSPS) is 14.8. The smallest absolute Gasteiger partial charge is 0.306 e. The zero-order chi connectivity index (χ0) is 22.8. The van der Waals surface area contributed by atoms with Crippen molar-refractivity contribution in [2.75, 3.05) is 18.8 Å². The number of benzene rings is 1. The Morgan fingerprint density at radius 3 is 2.53 bits per heavy atom. The van der Waals surface area contributed by atoms with Crippen LogP contribution >= 0.6 is 23.1 Å². The number of rotatable bonds is 6. The van der Waals surface area contributed by atoms with Crippen LogP contribution in [0.25, 0.3) is 10.2 Å². The third-order valence-corrected chi connectivity index (χ3v) is 8.02. The second-order valence-electron chi connectivity index (χ2n) is 8.02. The number of carbonyl (C=O) groups excluding carboxylic acids is 1. The molecular formula is C23H25N3O4S2. The molecule has 168 valence electrons. The van der Waals surface area contributed by atoms with Gasteiger partial charge in [0.25, 0.3) is 5.56 Å². The predicted octanol–water partition coefficient (Wildman–Crippen LogP) is 3.54. The van der Waals surface area contributed by atoms with Crippen LogP contribution in [0.2, 0.25) is 0 Å². The number of aryl methyl sites for hydroxylation is 2. The number of thiophene rings is 1. The van der Waals surface area contributed by atoms with E-state index in [4.69, 9.17) is 10.1 Å². The molecule has 0 atom stereocenters. The minimum atomic E-state index is -0.796. The number of carboxylic acids is 1. The Morgan fingerprint density at radius 2 is 1.88 bits per heavy atom. The molecular weight excluding hydrogens is 446 g/mol. The van der Waals surface area contributed by atoms with Crippen molar-refractivity contribution in [3.63, 3.8) is 0 Å². The van der Waals surface area contributed by atoms with E-state index in [0.717, 1.165) is 16.0 Å². The van der Waals surface area contributed by atoms with E-state index in [0.29, 0.717) is 47.8 Å². The highest BCUT2D eigenvalue weighted by Crippen LogP contribution is 2.29. The van der Waals surface area contributed by atoms with Gasteiger partial charge in [0, 0.05) is 18.0 Å². The number of hydrogen-bond donors (Lipinski definition) is 1. The Labute approximate surface area is 194 Å². The largest absolute Gasteiger partial charge is 0.481 e. The van der Waals surface area contributed by atoms with Crippen LogP contribution in [-0.4, -0.2) is 50.3 Å². The summed E-state index contributed by atoms with van der Waals surface area (Å²) >= 11 is 2.77. The number of aromatic nitrogens is 2. The Hall–Kier alpha value is -2.65. The third-order valence-electron chi connectivity index (χ3n) is 5.96. The molecule has 0 saturated carbocycles. The molecule has 4 rings (SSSR count). The van der Waals surface area contributed by atoms with Gasteiger partial charge in [-0.15, -0.1) is 11.3 Å². The summed E-state index contributed by atoms with van der Waals surface area (Å²) in [6.07, 6.45) is 0.949. The van der Waals surface area contributed by atoms with E-state index in [1.165, 1.54) is 23.1 Å². The number of fused-ring (bicyclic) bond motifs is 1. The standard InChI is InChI=1S/C23H25N3O4S2/c1-14-15(2)32-20-19(14)21(28)26(12-16-6-4-3-5-7-16)23(24-20)31-13-18(27)25-10-8-17(9-11-25)22(29)30/h3-7,17H,8-13H2,1-2H3,(H,29,30). The number of hydrogen-bond acceptors (Lipinski definition) is 6. The second-order valence-corrected chi connectivity index (χ2v) is 10.2. The van der Waals surface area contributed by atoms with Crippen molar-refractivity contribution in [2.45, 2.75) is 38.4 Å². The monoisotopic (exact) mass is 471 g/mol. The van der Waals surface area contributed by atoms with Crippen molar-refractivity contribution in [3.8, 4) is 0 Å². The maximum absolute atomic E-state index is 13.4. The number of nitrogens with zero attached hydrogens (tertiary/aromatic N) is 3. The quantitative estimate of drug-likeness (QED) is 0.437. The molecule has 1 saturated heterocycles. The van der Waals surface area contributed by atoms with E-state index in [1.54, 1.807) is 9.47 Å². The fraction of sp³-hybridized carbons (Fsp3) is 0.391. The van der Waals surface area contributed by atoms with Crippen molar-refractivity contribution in [3.05, 3.63) is 56.7 Å². The molecule has 9 heteroatoms. The van der Waals surface area contributed by atoms with Crippen LogP contribution in [0, 0.1) is 19.8 Å². The number of carbonyl (C=O) groups is 2. The summed E-state index contributed by atoms with van der Waals surface area (Å²) in [5.41, 5.74) is 1.86. The van der Waals surface area contributed by atoms with E-state index in [1.807, 2.05) is 44.2 Å². The lowest BCUT2D eigenvalue weighted by Gasteiger charge is -2.30. The molecule has 0 radical (unpaired) electrons. The minimum Gasteiger partial charge on any atom is -0.481 e. The molecule has 3 aromatic rings. The summed E-state index contributed by atoms with van der Waals surface area (Å²) in [7, 11) is 0. The first-order valence-electron chi connectivity index (χ1n) is 10.5. The predicted molar refractivity (Wildman–Crippen MR) is 127 cm³/mol. The van der Waals surface area contributed by atoms with Gasteiger partial charge < -0.3 is 10.0 Å². The molecule has 2 aromatic heterocycles. The van der Waals surface area contributed by atoms with Gasteiger partial charge in [-0.25, -0.2) is 4.98 Å². The van der Waals surface area contributed by atoms with Crippen LogP contribution in [0.1, 0.15) is 28.8 Å². The van der Waals surface area contributed by atoms with Crippen LogP contribution in [0.15, 0.2) is 40.3 Å². The number of likely N-dealkylation sites (tertiary alicyclic amines) is 1. The van der Waals surface area contributed by atoms with Crippen LogP contribution < -0.4 is 5.56 Å². The van der Waals surface area contributed by atoms with Crippen LogP contribution in [0.5, 0.6) is 0 Å². The maximum Gasteiger partial charge on any atom is 0.306 e. The maximum atomic E-state index is 13.4. The lowest BCUT2D eigenvalue weighted by molar-refractivity contribution is -0.145. The Morgan fingerprint density at radius 1 is 1.19 bits per heavy atom. The second kappa shape index (κ2) is 9.46. The lowest BCUT2D eigenvalue weighted by atomic mass is 9.97. The van der Waals surface area contributed by atoms with Crippen molar-refractivity contribution >= 4 is 45.2 Å². The van der Waals surface area contributed by atoms with Crippen molar-refractivity contribution < 1.29 is 14.7 Å². The van der Waals surface area contributed by atoms with Gasteiger partial charge in [0.05, 0.1) is 23.6 Å². The highest BCUT2D eigenvalue weighted by atomic mass is 32.2. The van der Waals surface area contributed by atoms with E-state index < -0.39 is 5.97 Å². The SMILES string of the molecule is Cc1sc2nc(SCC(=O)N3CCC(C(=O)O)CC3)n(Cc3ccccc3)c(=O)c2c1C. The van der Waals surface area contributed by atoms with Gasteiger partial charge in [-0.1, -0.05) is 42.1 Å². The number of piperidine rings is 1. The topological polar surface area (TPSA) is 92.5 Å². The molecule has 32 heavy (non-hydrogen) atoms. The third kappa shape index (κ3) is 4.59. The molecule has 1 aliphatic rings. The number of thioether (sulfide) groups is 1. The zero-order valence-electron chi connectivity index (χ0n) is 18.0. The average Bonchev–Trinajstić information content (AvgIpc) is 3.08. The summed E-state index contributed by atoms with van der Waals surface area (Å²) in [5, 5.41) is 10.3. The van der Waals surface area contributed by atoms with Crippen molar-refractivity contribution in [1.29, 1.82) is 0 Å². The fourth-order valence-corrected chi connectivity index (χ4v) is 5.89. The molecule has 1 amide bonds. The van der Waals surface area contributed by atoms with E-state index in [9.17, 15) is 14.4 Å².